The molecule has 0 radical (unpaired) electrons. The molecule has 3 rings (SSSR count). The summed E-state index contributed by atoms with van der Waals surface area (Å²) in [5.74, 6) is 0. The van der Waals surface area contributed by atoms with E-state index in [1.165, 1.54) is 24.0 Å². The number of nitrogens with zero attached hydrogens (tertiary/aromatic N) is 1. The summed E-state index contributed by atoms with van der Waals surface area (Å²) in [6.45, 7) is 4.09. The van der Waals surface area contributed by atoms with Crippen molar-refractivity contribution in [2.24, 2.45) is 0 Å². The van der Waals surface area contributed by atoms with Crippen LogP contribution in [0.1, 0.15) is 24.0 Å². The standard InChI is InChI=1S/C16H24N2O/c1-19-9-8-18(16-6-7-16)12-15-10-13-4-2-3-5-14(13)11-17-15/h2-5,15-17H,6-12H2,1H3. The normalized spacial score (nSPS) is 22.5. The first-order valence-corrected chi connectivity index (χ1v) is 7.40. The molecule has 1 aromatic carbocycles. The number of benzene rings is 1. The predicted octanol–water partition coefficient (Wildman–Crippen LogP) is 1.81. The highest BCUT2D eigenvalue weighted by Crippen LogP contribution is 2.27. The van der Waals surface area contributed by atoms with Crippen LogP contribution in [0.15, 0.2) is 24.3 Å². The van der Waals surface area contributed by atoms with Crippen molar-refractivity contribution in [1.82, 2.24) is 10.2 Å². The summed E-state index contributed by atoms with van der Waals surface area (Å²) in [6.07, 6.45) is 3.90. The molecule has 1 heterocycles. The zero-order valence-electron chi connectivity index (χ0n) is 11.8. The highest BCUT2D eigenvalue weighted by molar-refractivity contribution is 5.30. The zero-order valence-corrected chi connectivity index (χ0v) is 11.8. The van der Waals surface area contributed by atoms with Gasteiger partial charge in [-0.2, -0.15) is 0 Å². The van der Waals surface area contributed by atoms with E-state index in [2.05, 4.69) is 34.5 Å². The smallest absolute Gasteiger partial charge is 0.0589 e. The molecule has 3 heteroatoms. The molecular formula is C16H24N2O. The van der Waals surface area contributed by atoms with Gasteiger partial charge in [0.2, 0.25) is 0 Å². The van der Waals surface area contributed by atoms with E-state index in [1.54, 1.807) is 7.11 Å². The van der Waals surface area contributed by atoms with E-state index in [1.807, 2.05) is 0 Å². The molecule has 1 aliphatic heterocycles. The second kappa shape index (κ2) is 6.04. The fraction of sp³-hybridized carbons (Fsp3) is 0.625. The lowest BCUT2D eigenvalue weighted by atomic mass is 9.95. The van der Waals surface area contributed by atoms with Gasteiger partial charge in [0.25, 0.3) is 0 Å². The van der Waals surface area contributed by atoms with Gasteiger partial charge in [0.1, 0.15) is 0 Å². The van der Waals surface area contributed by atoms with Gasteiger partial charge in [-0.3, -0.25) is 4.90 Å². The van der Waals surface area contributed by atoms with Gasteiger partial charge < -0.3 is 10.1 Å². The molecule has 19 heavy (non-hydrogen) atoms. The summed E-state index contributed by atoms with van der Waals surface area (Å²) in [5, 5.41) is 3.68. The van der Waals surface area contributed by atoms with Crippen molar-refractivity contribution in [1.29, 1.82) is 0 Å². The molecular weight excluding hydrogens is 236 g/mol. The van der Waals surface area contributed by atoms with Gasteiger partial charge in [0.15, 0.2) is 0 Å². The van der Waals surface area contributed by atoms with Crippen molar-refractivity contribution >= 4 is 0 Å². The number of hydrogen-bond acceptors (Lipinski definition) is 3. The number of ether oxygens (including phenoxy) is 1. The summed E-state index contributed by atoms with van der Waals surface area (Å²) in [5.41, 5.74) is 2.99. The van der Waals surface area contributed by atoms with E-state index in [9.17, 15) is 0 Å². The minimum absolute atomic E-state index is 0.590. The Bertz CT molecular complexity index is 417. The number of hydrogen-bond donors (Lipinski definition) is 1. The van der Waals surface area contributed by atoms with Crippen LogP contribution in [0, 0.1) is 0 Å². The lowest BCUT2D eigenvalue weighted by Crippen LogP contribution is -2.46. The Morgan fingerprint density at radius 3 is 2.79 bits per heavy atom. The van der Waals surface area contributed by atoms with Crippen LogP contribution in [0.5, 0.6) is 0 Å². The first-order valence-electron chi connectivity index (χ1n) is 7.40. The maximum Gasteiger partial charge on any atom is 0.0589 e. The maximum absolute atomic E-state index is 5.23. The molecule has 104 valence electrons. The van der Waals surface area contributed by atoms with E-state index in [0.717, 1.165) is 38.7 Å². The maximum atomic E-state index is 5.23. The second-order valence-corrected chi connectivity index (χ2v) is 5.77. The van der Waals surface area contributed by atoms with Crippen LogP contribution in [0.4, 0.5) is 0 Å². The summed E-state index contributed by atoms with van der Waals surface area (Å²) < 4.78 is 5.23. The van der Waals surface area contributed by atoms with Crippen molar-refractivity contribution < 1.29 is 4.74 Å². The van der Waals surface area contributed by atoms with Gasteiger partial charge in [-0.15, -0.1) is 0 Å². The highest BCUT2D eigenvalue weighted by Gasteiger charge is 2.31. The van der Waals surface area contributed by atoms with Gasteiger partial charge in [0, 0.05) is 38.8 Å². The average Bonchev–Trinajstić information content (AvgIpc) is 3.28. The largest absolute Gasteiger partial charge is 0.383 e. The Balaban J connectivity index is 1.58. The molecule has 1 unspecified atom stereocenters. The lowest BCUT2D eigenvalue weighted by molar-refractivity contribution is 0.135. The molecule has 2 aliphatic rings. The van der Waals surface area contributed by atoms with E-state index >= 15 is 0 Å². The van der Waals surface area contributed by atoms with Gasteiger partial charge in [-0.1, -0.05) is 24.3 Å². The molecule has 1 saturated carbocycles. The SMILES string of the molecule is COCCN(CC1Cc2ccccc2CN1)C1CC1. The van der Waals surface area contributed by atoms with Crippen molar-refractivity contribution in [3.05, 3.63) is 35.4 Å². The average molecular weight is 260 g/mol. The predicted molar refractivity (Wildman–Crippen MR) is 77.2 cm³/mol. The fourth-order valence-corrected chi connectivity index (χ4v) is 3.00. The first kappa shape index (κ1) is 13.1. The molecule has 0 aromatic heterocycles. The molecule has 1 N–H and O–H groups in total. The van der Waals surface area contributed by atoms with Crippen molar-refractivity contribution in [2.45, 2.75) is 37.9 Å². The third-order valence-corrected chi connectivity index (χ3v) is 4.27. The topological polar surface area (TPSA) is 24.5 Å². The molecule has 0 saturated heterocycles. The Kier molecular flexibility index (Phi) is 4.16. The molecule has 0 spiro atoms. The Morgan fingerprint density at radius 1 is 1.26 bits per heavy atom. The van der Waals surface area contributed by atoms with E-state index in [-0.39, 0.29) is 0 Å². The van der Waals surface area contributed by atoms with Crippen LogP contribution in [0.3, 0.4) is 0 Å². The molecule has 1 aromatic rings. The van der Waals surface area contributed by atoms with Crippen LogP contribution >= 0.6 is 0 Å². The van der Waals surface area contributed by atoms with Crippen LogP contribution < -0.4 is 5.32 Å². The minimum atomic E-state index is 0.590. The Morgan fingerprint density at radius 2 is 2.05 bits per heavy atom. The third-order valence-electron chi connectivity index (χ3n) is 4.27. The van der Waals surface area contributed by atoms with Gasteiger partial charge in [-0.25, -0.2) is 0 Å². The van der Waals surface area contributed by atoms with Crippen LogP contribution in [-0.2, 0) is 17.7 Å². The molecule has 3 nitrogen and oxygen atoms in total. The Labute approximate surface area is 115 Å². The lowest BCUT2D eigenvalue weighted by Gasteiger charge is -2.31. The zero-order chi connectivity index (χ0) is 13.1. The summed E-state index contributed by atoms with van der Waals surface area (Å²) in [6, 6.07) is 10.2. The summed E-state index contributed by atoms with van der Waals surface area (Å²) >= 11 is 0. The molecule has 0 amide bonds. The number of fused-ring (bicyclic) bond motifs is 1. The van der Waals surface area contributed by atoms with E-state index in [0.29, 0.717) is 6.04 Å². The molecule has 1 fully saturated rings. The van der Waals surface area contributed by atoms with Crippen LogP contribution in [-0.4, -0.2) is 43.8 Å². The van der Waals surface area contributed by atoms with Crippen molar-refractivity contribution in [2.75, 3.05) is 26.8 Å². The summed E-state index contributed by atoms with van der Waals surface area (Å²) in [7, 11) is 1.79. The molecule has 1 aliphatic carbocycles. The van der Waals surface area contributed by atoms with Gasteiger partial charge in [-0.05, 0) is 30.4 Å². The molecule has 1 atom stereocenters. The van der Waals surface area contributed by atoms with E-state index in [4.69, 9.17) is 4.74 Å². The van der Waals surface area contributed by atoms with Crippen molar-refractivity contribution in [3.63, 3.8) is 0 Å². The van der Waals surface area contributed by atoms with Crippen molar-refractivity contribution in [3.8, 4) is 0 Å². The Hall–Kier alpha value is -0.900. The summed E-state index contributed by atoms with van der Waals surface area (Å²) in [4.78, 5) is 2.61. The number of methoxy groups -OCH3 is 1. The highest BCUT2D eigenvalue weighted by atomic mass is 16.5. The van der Waals surface area contributed by atoms with Crippen LogP contribution in [0.25, 0.3) is 0 Å². The number of nitrogens with one attached hydrogen (secondary N) is 1. The van der Waals surface area contributed by atoms with E-state index < -0.39 is 0 Å². The molecule has 0 bridgehead atoms. The first-order chi connectivity index (χ1) is 9.36. The van der Waals surface area contributed by atoms with Gasteiger partial charge in [0.05, 0.1) is 6.61 Å². The number of rotatable bonds is 6. The monoisotopic (exact) mass is 260 g/mol. The van der Waals surface area contributed by atoms with Crippen LogP contribution in [0.2, 0.25) is 0 Å². The fourth-order valence-electron chi connectivity index (χ4n) is 3.00. The third kappa shape index (κ3) is 3.35. The second-order valence-electron chi connectivity index (χ2n) is 5.77. The minimum Gasteiger partial charge on any atom is -0.383 e. The van der Waals surface area contributed by atoms with Gasteiger partial charge >= 0.3 is 0 Å². The quantitative estimate of drug-likeness (QED) is 0.844.